The number of nitrogens with one attached hydrogen (secondary N) is 1. The molecule has 9 nitrogen and oxygen atoms in total. The Kier molecular flexibility index (Phi) is 6.55. The van der Waals surface area contributed by atoms with Crippen LogP contribution in [0.5, 0.6) is 0 Å². The van der Waals surface area contributed by atoms with Crippen LogP contribution in [0.25, 0.3) is 0 Å². The Hall–Kier alpha value is -2.46. The molecule has 3 N–H and O–H groups in total. The van der Waals surface area contributed by atoms with Crippen molar-refractivity contribution in [3.8, 4) is 0 Å². The van der Waals surface area contributed by atoms with Gasteiger partial charge in [-0.25, -0.2) is 18.0 Å². The number of nitrogens with zero attached hydrogens (tertiary/aromatic N) is 1. The lowest BCUT2D eigenvalue weighted by atomic mass is 10.1. The zero-order chi connectivity index (χ0) is 20.2. The number of nitrogens with two attached hydrogens (primary N) is 1. The van der Waals surface area contributed by atoms with Gasteiger partial charge in [-0.05, 0) is 37.0 Å². The summed E-state index contributed by atoms with van der Waals surface area (Å²) in [4.78, 5) is 35.2. The van der Waals surface area contributed by atoms with Crippen molar-refractivity contribution < 1.29 is 27.5 Å². The molecule has 1 heterocycles. The summed E-state index contributed by atoms with van der Waals surface area (Å²) in [6.45, 7) is 4.15. The molecule has 2 rings (SSSR count). The van der Waals surface area contributed by atoms with Gasteiger partial charge in [0.25, 0.3) is 5.91 Å². The number of hydrogen-bond acceptors (Lipinski definition) is 6. The topological polar surface area (TPSA) is 136 Å². The molecular weight excluding hydrogens is 374 g/mol. The Bertz CT molecular complexity index is 831. The molecule has 148 valence electrons. The van der Waals surface area contributed by atoms with Crippen molar-refractivity contribution in [2.75, 3.05) is 13.1 Å². The molecule has 1 aliphatic heterocycles. The molecule has 1 aromatic carbocycles. The highest BCUT2D eigenvalue weighted by molar-refractivity contribution is 7.89. The van der Waals surface area contributed by atoms with Gasteiger partial charge < -0.3 is 10.5 Å². The summed E-state index contributed by atoms with van der Waals surface area (Å²) in [6.07, 6.45) is 0.349. The van der Waals surface area contributed by atoms with Crippen LogP contribution < -0.4 is 11.1 Å². The van der Waals surface area contributed by atoms with Crippen LogP contribution in [0.15, 0.2) is 29.2 Å². The summed E-state index contributed by atoms with van der Waals surface area (Å²) in [5.41, 5.74) is 4.91. The predicted octanol–water partition coefficient (Wildman–Crippen LogP) is 0.847. The normalized spacial score (nSPS) is 16.1. The molecule has 1 aromatic rings. The third kappa shape index (κ3) is 5.04. The molecule has 0 radical (unpaired) electrons. The van der Waals surface area contributed by atoms with Gasteiger partial charge in [0.1, 0.15) is 0 Å². The summed E-state index contributed by atoms with van der Waals surface area (Å²) >= 11 is 0. The van der Waals surface area contributed by atoms with Gasteiger partial charge in [0.15, 0.2) is 6.10 Å². The van der Waals surface area contributed by atoms with Crippen molar-refractivity contribution in [1.82, 2.24) is 9.62 Å². The highest BCUT2D eigenvalue weighted by Gasteiger charge is 2.30. The fourth-order valence-electron chi connectivity index (χ4n) is 2.73. The van der Waals surface area contributed by atoms with E-state index >= 15 is 0 Å². The second kappa shape index (κ2) is 8.49. The van der Waals surface area contributed by atoms with E-state index in [-0.39, 0.29) is 10.5 Å². The Morgan fingerprint density at radius 3 is 2.37 bits per heavy atom. The van der Waals surface area contributed by atoms with Crippen molar-refractivity contribution in [3.63, 3.8) is 0 Å². The van der Waals surface area contributed by atoms with Crippen molar-refractivity contribution in [2.24, 2.45) is 11.7 Å². The number of hydrogen-bond donors (Lipinski definition) is 2. The van der Waals surface area contributed by atoms with Gasteiger partial charge in [-0.3, -0.25) is 10.1 Å². The highest BCUT2D eigenvalue weighted by atomic mass is 32.2. The number of esters is 1. The number of sulfonamides is 1. The average molecular weight is 397 g/mol. The quantitative estimate of drug-likeness (QED) is 0.683. The third-order valence-corrected chi connectivity index (χ3v) is 6.01. The maximum absolute atomic E-state index is 12.6. The Morgan fingerprint density at radius 2 is 1.81 bits per heavy atom. The number of imide groups is 1. The third-order valence-electron chi connectivity index (χ3n) is 4.12. The van der Waals surface area contributed by atoms with Crippen LogP contribution >= 0.6 is 0 Å². The predicted molar refractivity (Wildman–Crippen MR) is 96.2 cm³/mol. The van der Waals surface area contributed by atoms with E-state index < -0.39 is 40.0 Å². The Labute approximate surface area is 157 Å². The van der Waals surface area contributed by atoms with E-state index in [0.29, 0.717) is 13.1 Å². The fourth-order valence-corrected chi connectivity index (χ4v) is 4.29. The van der Waals surface area contributed by atoms with Crippen LogP contribution in [0.4, 0.5) is 4.79 Å². The van der Waals surface area contributed by atoms with E-state index in [4.69, 9.17) is 10.5 Å². The van der Waals surface area contributed by atoms with E-state index in [1.54, 1.807) is 13.8 Å². The number of rotatable bonds is 6. The summed E-state index contributed by atoms with van der Waals surface area (Å²) in [6, 6.07) is 4.41. The molecular formula is C17H23N3O6S. The van der Waals surface area contributed by atoms with E-state index in [1.165, 1.54) is 28.6 Å². The number of primary amides is 1. The lowest BCUT2D eigenvalue weighted by Crippen LogP contribution is -2.45. The fraction of sp³-hybridized carbons (Fsp3) is 0.471. The second-order valence-electron chi connectivity index (χ2n) is 6.56. The molecule has 1 saturated heterocycles. The first kappa shape index (κ1) is 20.8. The smallest absolute Gasteiger partial charge is 0.338 e. The number of ether oxygens (including phenoxy) is 1. The van der Waals surface area contributed by atoms with Gasteiger partial charge in [-0.1, -0.05) is 19.9 Å². The molecule has 27 heavy (non-hydrogen) atoms. The first-order valence-corrected chi connectivity index (χ1v) is 9.98. The Balaban J connectivity index is 2.21. The molecule has 1 fully saturated rings. The SMILES string of the molecule is CC(C)C(OC(=O)c1cccc(S(=O)(=O)N2CCCC2)c1)C(=O)NC(N)=O. The molecule has 3 amide bonds. The van der Waals surface area contributed by atoms with Gasteiger partial charge in [0, 0.05) is 13.1 Å². The van der Waals surface area contributed by atoms with Gasteiger partial charge in [-0.2, -0.15) is 4.31 Å². The molecule has 0 saturated carbocycles. The van der Waals surface area contributed by atoms with Crippen LogP contribution in [0.1, 0.15) is 37.0 Å². The second-order valence-corrected chi connectivity index (χ2v) is 8.50. The summed E-state index contributed by atoms with van der Waals surface area (Å²) in [5.74, 6) is -2.14. The molecule has 0 aliphatic carbocycles. The van der Waals surface area contributed by atoms with E-state index in [1.807, 2.05) is 5.32 Å². The van der Waals surface area contributed by atoms with Crippen molar-refractivity contribution in [2.45, 2.75) is 37.7 Å². The van der Waals surface area contributed by atoms with Crippen LogP contribution in [0.3, 0.4) is 0 Å². The molecule has 0 aromatic heterocycles. The molecule has 1 aliphatic rings. The van der Waals surface area contributed by atoms with Crippen LogP contribution in [0, 0.1) is 5.92 Å². The average Bonchev–Trinajstić information content (AvgIpc) is 3.14. The van der Waals surface area contributed by atoms with Gasteiger partial charge in [-0.15, -0.1) is 0 Å². The van der Waals surface area contributed by atoms with Crippen LogP contribution in [0.2, 0.25) is 0 Å². The summed E-state index contributed by atoms with van der Waals surface area (Å²) < 4.78 is 31.8. The van der Waals surface area contributed by atoms with Crippen molar-refractivity contribution >= 4 is 27.9 Å². The van der Waals surface area contributed by atoms with E-state index in [9.17, 15) is 22.8 Å². The Morgan fingerprint density at radius 1 is 1.19 bits per heavy atom. The van der Waals surface area contributed by atoms with Gasteiger partial charge in [0.2, 0.25) is 10.0 Å². The number of carbonyl (C=O) groups excluding carboxylic acids is 3. The number of urea groups is 1. The first-order valence-electron chi connectivity index (χ1n) is 8.54. The van der Waals surface area contributed by atoms with Gasteiger partial charge >= 0.3 is 12.0 Å². The molecule has 0 bridgehead atoms. The maximum Gasteiger partial charge on any atom is 0.338 e. The maximum atomic E-state index is 12.6. The summed E-state index contributed by atoms with van der Waals surface area (Å²) in [5, 5.41) is 1.87. The monoisotopic (exact) mass is 397 g/mol. The van der Waals surface area contributed by atoms with Crippen molar-refractivity contribution in [3.05, 3.63) is 29.8 Å². The minimum Gasteiger partial charge on any atom is -0.448 e. The minimum absolute atomic E-state index is 0.00667. The first-order chi connectivity index (χ1) is 12.6. The van der Waals surface area contributed by atoms with E-state index in [2.05, 4.69) is 0 Å². The minimum atomic E-state index is -3.69. The number of benzene rings is 1. The molecule has 1 atom stereocenters. The summed E-state index contributed by atoms with van der Waals surface area (Å²) in [7, 11) is -3.69. The number of carbonyl (C=O) groups is 3. The lowest BCUT2D eigenvalue weighted by Gasteiger charge is -2.20. The molecule has 0 spiro atoms. The molecule has 10 heteroatoms. The van der Waals surface area contributed by atoms with Gasteiger partial charge in [0.05, 0.1) is 10.5 Å². The van der Waals surface area contributed by atoms with Crippen LogP contribution in [-0.4, -0.2) is 49.8 Å². The number of amides is 3. The zero-order valence-electron chi connectivity index (χ0n) is 15.2. The molecule has 1 unspecified atom stereocenters. The largest absolute Gasteiger partial charge is 0.448 e. The standard InChI is InChI=1S/C17H23N3O6S/c1-11(2)14(15(21)19-17(18)23)26-16(22)12-6-5-7-13(10-12)27(24,25)20-8-3-4-9-20/h5-7,10-11,14H,3-4,8-9H2,1-2H3,(H3,18,19,21,23). The van der Waals surface area contributed by atoms with E-state index in [0.717, 1.165) is 12.8 Å². The lowest BCUT2D eigenvalue weighted by molar-refractivity contribution is -0.130. The zero-order valence-corrected chi connectivity index (χ0v) is 16.0. The highest BCUT2D eigenvalue weighted by Crippen LogP contribution is 2.22. The van der Waals surface area contributed by atoms with Crippen molar-refractivity contribution in [1.29, 1.82) is 0 Å². The van der Waals surface area contributed by atoms with Crippen LogP contribution in [-0.2, 0) is 19.6 Å².